The third-order valence-electron chi connectivity index (χ3n) is 2.73. The zero-order valence-electron chi connectivity index (χ0n) is 9.87. The number of hydrogen-bond donors (Lipinski definition) is 0. The van der Waals surface area contributed by atoms with E-state index >= 15 is 0 Å². The summed E-state index contributed by atoms with van der Waals surface area (Å²) < 4.78 is 0. The number of nitriles is 1. The maximum atomic E-state index is 8.91. The molecular weight excluding hydrogens is 222 g/mol. The fourth-order valence-corrected chi connectivity index (χ4v) is 1.87. The topological polar surface area (TPSA) is 39.9 Å². The first-order valence-corrected chi connectivity index (χ1v) is 5.84. The molecule has 1 unspecified atom stereocenters. The lowest BCUT2D eigenvalue weighted by Crippen LogP contribution is -2.33. The van der Waals surface area contributed by atoms with Crippen molar-refractivity contribution in [3.05, 3.63) is 22.8 Å². The highest BCUT2D eigenvalue weighted by molar-refractivity contribution is 6.34. The molecule has 1 heterocycles. The van der Waals surface area contributed by atoms with Crippen LogP contribution >= 0.6 is 11.6 Å². The molecule has 16 heavy (non-hydrogen) atoms. The number of pyridine rings is 1. The summed E-state index contributed by atoms with van der Waals surface area (Å²) in [6, 6.07) is 4.07. The van der Waals surface area contributed by atoms with Crippen molar-refractivity contribution in [2.24, 2.45) is 0 Å². The van der Waals surface area contributed by atoms with E-state index in [4.69, 9.17) is 16.9 Å². The van der Waals surface area contributed by atoms with E-state index in [0.29, 0.717) is 22.4 Å². The Morgan fingerprint density at radius 1 is 1.56 bits per heavy atom. The largest absolute Gasteiger partial charge is 0.353 e. The molecule has 1 rings (SSSR count). The highest BCUT2D eigenvalue weighted by atomic mass is 35.5. The molecule has 0 aromatic carbocycles. The maximum absolute atomic E-state index is 8.91. The number of hydrogen-bond acceptors (Lipinski definition) is 3. The van der Waals surface area contributed by atoms with Crippen molar-refractivity contribution in [3.8, 4) is 6.07 Å². The van der Waals surface area contributed by atoms with Gasteiger partial charge in [0, 0.05) is 18.8 Å². The molecule has 3 nitrogen and oxygen atoms in total. The minimum atomic E-state index is 0.365. The van der Waals surface area contributed by atoms with Gasteiger partial charge in [-0.3, -0.25) is 0 Å². The number of anilines is 1. The first-order chi connectivity index (χ1) is 7.65. The molecule has 0 aliphatic heterocycles. The van der Waals surface area contributed by atoms with Gasteiger partial charge in [0.15, 0.2) is 0 Å². The lowest BCUT2D eigenvalue weighted by molar-refractivity contribution is 0.623. The second-order valence-corrected chi connectivity index (χ2v) is 4.03. The summed E-state index contributed by atoms with van der Waals surface area (Å²) >= 11 is 6.16. The van der Waals surface area contributed by atoms with Gasteiger partial charge in [0.05, 0.1) is 5.56 Å². The van der Waals surface area contributed by atoms with Crippen LogP contribution in [0.3, 0.4) is 0 Å². The summed E-state index contributed by atoms with van der Waals surface area (Å²) in [5, 5.41) is 9.36. The molecule has 0 amide bonds. The fraction of sp³-hybridized carbons (Fsp3) is 0.500. The van der Waals surface area contributed by atoms with Gasteiger partial charge in [-0.15, -0.1) is 0 Å². The van der Waals surface area contributed by atoms with Crippen molar-refractivity contribution in [2.75, 3.05) is 11.4 Å². The quantitative estimate of drug-likeness (QED) is 0.807. The summed E-state index contributed by atoms with van der Waals surface area (Å²) in [6.07, 6.45) is 2.65. The van der Waals surface area contributed by atoms with E-state index < -0.39 is 0 Å². The van der Waals surface area contributed by atoms with Crippen molar-refractivity contribution in [3.63, 3.8) is 0 Å². The molecule has 0 bridgehead atoms. The van der Waals surface area contributed by atoms with Crippen LogP contribution in [0.2, 0.25) is 5.02 Å². The zero-order valence-corrected chi connectivity index (χ0v) is 10.6. The third-order valence-corrected chi connectivity index (χ3v) is 3.10. The molecule has 0 aliphatic carbocycles. The van der Waals surface area contributed by atoms with Gasteiger partial charge >= 0.3 is 0 Å². The Morgan fingerprint density at radius 2 is 2.25 bits per heavy atom. The first kappa shape index (κ1) is 12.8. The van der Waals surface area contributed by atoms with E-state index in [1.54, 1.807) is 12.3 Å². The summed E-state index contributed by atoms with van der Waals surface area (Å²) in [5.74, 6) is 0.706. The van der Waals surface area contributed by atoms with Gasteiger partial charge in [-0.25, -0.2) is 4.98 Å². The molecule has 86 valence electrons. The van der Waals surface area contributed by atoms with Crippen molar-refractivity contribution < 1.29 is 0 Å². The van der Waals surface area contributed by atoms with Gasteiger partial charge < -0.3 is 4.90 Å². The van der Waals surface area contributed by atoms with E-state index in [0.717, 1.165) is 13.0 Å². The molecule has 0 N–H and O–H groups in total. The summed E-state index contributed by atoms with van der Waals surface area (Å²) in [4.78, 5) is 6.38. The maximum Gasteiger partial charge on any atom is 0.148 e. The number of aromatic nitrogens is 1. The Labute approximate surface area is 102 Å². The molecule has 1 atom stereocenters. The molecule has 1 aromatic rings. The molecule has 0 saturated heterocycles. The smallest absolute Gasteiger partial charge is 0.148 e. The minimum Gasteiger partial charge on any atom is -0.353 e. The van der Waals surface area contributed by atoms with Gasteiger partial charge in [0.2, 0.25) is 0 Å². The Balaban J connectivity index is 3.16. The van der Waals surface area contributed by atoms with E-state index in [1.807, 2.05) is 0 Å². The predicted molar refractivity (Wildman–Crippen MR) is 66.7 cm³/mol. The van der Waals surface area contributed by atoms with Crippen molar-refractivity contribution in [2.45, 2.75) is 33.2 Å². The van der Waals surface area contributed by atoms with Crippen molar-refractivity contribution in [1.82, 2.24) is 4.98 Å². The molecule has 0 saturated carbocycles. The Hall–Kier alpha value is -1.27. The van der Waals surface area contributed by atoms with Crippen LogP contribution in [0.4, 0.5) is 5.82 Å². The van der Waals surface area contributed by atoms with Crippen LogP contribution in [-0.4, -0.2) is 17.6 Å². The molecule has 0 spiro atoms. The number of nitrogens with zero attached hydrogens (tertiary/aromatic N) is 3. The molecule has 0 radical (unpaired) electrons. The minimum absolute atomic E-state index is 0.365. The van der Waals surface area contributed by atoms with E-state index in [1.165, 1.54) is 0 Å². The monoisotopic (exact) mass is 237 g/mol. The van der Waals surface area contributed by atoms with Crippen LogP contribution in [0.5, 0.6) is 0 Å². The lowest BCUT2D eigenvalue weighted by Gasteiger charge is -2.29. The average molecular weight is 238 g/mol. The van der Waals surface area contributed by atoms with Gasteiger partial charge in [0.1, 0.15) is 16.9 Å². The first-order valence-electron chi connectivity index (χ1n) is 5.46. The van der Waals surface area contributed by atoms with Crippen molar-refractivity contribution in [1.29, 1.82) is 5.26 Å². The third kappa shape index (κ3) is 2.45. The van der Waals surface area contributed by atoms with Crippen molar-refractivity contribution >= 4 is 17.4 Å². The van der Waals surface area contributed by atoms with Gasteiger partial charge in [-0.2, -0.15) is 5.26 Å². The fourth-order valence-electron chi connectivity index (χ4n) is 1.61. The Kier molecular flexibility index (Phi) is 4.57. The Bertz CT molecular complexity index is 398. The highest BCUT2D eigenvalue weighted by Gasteiger charge is 2.17. The second-order valence-electron chi connectivity index (χ2n) is 3.65. The van der Waals surface area contributed by atoms with E-state index in [-0.39, 0.29) is 0 Å². The molecule has 0 fully saturated rings. The molecule has 0 aliphatic rings. The van der Waals surface area contributed by atoms with Gasteiger partial charge in [-0.05, 0) is 26.3 Å². The second kappa shape index (κ2) is 5.72. The summed E-state index contributed by atoms with van der Waals surface area (Å²) in [5.41, 5.74) is 0.480. The molecule has 1 aromatic heterocycles. The summed E-state index contributed by atoms with van der Waals surface area (Å²) in [6.45, 7) is 7.13. The number of rotatable bonds is 4. The van der Waals surface area contributed by atoms with Crippen LogP contribution in [0.15, 0.2) is 12.3 Å². The molecular formula is C12H16ClN3. The Morgan fingerprint density at radius 3 is 2.75 bits per heavy atom. The summed E-state index contributed by atoms with van der Waals surface area (Å²) in [7, 11) is 0. The average Bonchev–Trinajstić information content (AvgIpc) is 2.31. The van der Waals surface area contributed by atoms with Crippen LogP contribution in [-0.2, 0) is 0 Å². The van der Waals surface area contributed by atoms with Gasteiger partial charge in [0.25, 0.3) is 0 Å². The molecule has 4 heteroatoms. The standard InChI is InChI=1S/C12H16ClN3/c1-4-9(3)16(5-2)12-11(13)10(8-14)6-7-15-12/h6-7,9H,4-5H2,1-3H3. The SMILES string of the molecule is CCC(C)N(CC)c1nccc(C#N)c1Cl. The highest BCUT2D eigenvalue weighted by Crippen LogP contribution is 2.28. The van der Waals surface area contributed by atoms with Crippen LogP contribution in [0.1, 0.15) is 32.8 Å². The van der Waals surface area contributed by atoms with Crippen LogP contribution in [0, 0.1) is 11.3 Å². The zero-order chi connectivity index (χ0) is 12.1. The lowest BCUT2D eigenvalue weighted by atomic mass is 10.2. The number of halogens is 1. The van der Waals surface area contributed by atoms with E-state index in [9.17, 15) is 0 Å². The van der Waals surface area contributed by atoms with Crippen LogP contribution in [0.25, 0.3) is 0 Å². The van der Waals surface area contributed by atoms with Gasteiger partial charge in [-0.1, -0.05) is 18.5 Å². The van der Waals surface area contributed by atoms with E-state index in [2.05, 4.69) is 36.7 Å². The van der Waals surface area contributed by atoms with Crippen LogP contribution < -0.4 is 4.90 Å². The normalized spacial score (nSPS) is 11.9. The predicted octanol–water partition coefficient (Wildman–Crippen LogP) is 3.23.